The van der Waals surface area contributed by atoms with E-state index < -0.39 is 21.4 Å². The average molecular weight is 243 g/mol. The Morgan fingerprint density at radius 1 is 1.40 bits per heavy atom. The van der Waals surface area contributed by atoms with Gasteiger partial charge in [-0.25, -0.2) is 0 Å². The third-order valence-corrected chi connectivity index (χ3v) is 2.11. The molecule has 1 aliphatic rings. The molecule has 0 bridgehead atoms. The molecule has 0 amide bonds. The first-order valence-electron chi connectivity index (χ1n) is 3.40. The number of halogens is 3. The predicted molar refractivity (Wildman–Crippen MR) is 42.9 cm³/mol. The van der Waals surface area contributed by atoms with E-state index in [1.807, 2.05) is 0 Å². The normalized spacial score (nSPS) is 16.6. The third-order valence-electron chi connectivity index (χ3n) is 1.13. The fraction of sp³-hybridized carbons (Fsp3) is 0.167. The largest absolute Gasteiger partial charge is 0.534 e. The van der Waals surface area contributed by atoms with Crippen molar-refractivity contribution in [1.29, 1.82) is 0 Å². The summed E-state index contributed by atoms with van der Waals surface area (Å²) in [5.41, 5.74) is -5.47. The molecule has 0 unspecified atom stereocenters. The minimum Gasteiger partial charge on any atom is -0.374 e. The van der Waals surface area contributed by atoms with E-state index >= 15 is 0 Å². The Bertz CT molecular complexity index is 420. The van der Waals surface area contributed by atoms with Gasteiger partial charge in [-0.3, -0.25) is 0 Å². The Morgan fingerprint density at radius 2 is 2.07 bits per heavy atom. The van der Waals surface area contributed by atoms with Crippen LogP contribution in [-0.4, -0.2) is 20.1 Å². The summed E-state index contributed by atoms with van der Waals surface area (Å²) >= 11 is 0. The fourth-order valence-electron chi connectivity index (χ4n) is 0.553. The summed E-state index contributed by atoms with van der Waals surface area (Å²) in [6, 6.07) is 0. The summed E-state index contributed by atoms with van der Waals surface area (Å²) in [6.07, 6.45) is 3.82. The lowest BCUT2D eigenvalue weighted by Crippen LogP contribution is -2.25. The molecule has 9 heteroatoms. The molecular weight excluding hydrogens is 239 g/mol. The molecule has 0 radical (unpaired) electrons. The zero-order valence-corrected chi connectivity index (χ0v) is 7.75. The van der Waals surface area contributed by atoms with Crippen molar-refractivity contribution in [2.24, 2.45) is 5.16 Å². The molecule has 15 heavy (non-hydrogen) atoms. The molecule has 0 aliphatic carbocycles. The first-order valence-corrected chi connectivity index (χ1v) is 4.80. The van der Waals surface area contributed by atoms with Crippen LogP contribution in [0.25, 0.3) is 0 Å². The molecule has 0 atom stereocenters. The SMILES string of the molecule is O=S(=O)(OC1=CC=CON=C1)C(F)(F)F. The van der Waals surface area contributed by atoms with E-state index in [9.17, 15) is 21.6 Å². The van der Waals surface area contributed by atoms with Crippen LogP contribution in [0.1, 0.15) is 0 Å². The monoisotopic (exact) mass is 243 g/mol. The van der Waals surface area contributed by atoms with E-state index in [4.69, 9.17) is 0 Å². The van der Waals surface area contributed by atoms with Crippen LogP contribution in [0.3, 0.4) is 0 Å². The van der Waals surface area contributed by atoms with E-state index in [1.54, 1.807) is 0 Å². The number of oxime groups is 1. The van der Waals surface area contributed by atoms with E-state index in [2.05, 4.69) is 14.2 Å². The molecule has 1 aliphatic heterocycles. The summed E-state index contributed by atoms with van der Waals surface area (Å²) in [5, 5.41) is 3.08. The molecule has 0 aromatic heterocycles. The molecule has 0 aromatic rings. The van der Waals surface area contributed by atoms with Gasteiger partial charge >= 0.3 is 15.6 Å². The molecule has 0 fully saturated rings. The van der Waals surface area contributed by atoms with Crippen LogP contribution in [0.4, 0.5) is 13.2 Å². The van der Waals surface area contributed by atoms with Gasteiger partial charge in [-0.05, 0) is 12.2 Å². The summed E-state index contributed by atoms with van der Waals surface area (Å²) < 4.78 is 60.4. The molecule has 0 saturated heterocycles. The van der Waals surface area contributed by atoms with Gasteiger partial charge < -0.3 is 9.02 Å². The highest BCUT2D eigenvalue weighted by Crippen LogP contribution is 2.26. The van der Waals surface area contributed by atoms with Gasteiger partial charge in [0.2, 0.25) is 0 Å². The van der Waals surface area contributed by atoms with Gasteiger partial charge in [0, 0.05) is 0 Å². The number of allylic oxidation sites excluding steroid dienone is 3. The lowest BCUT2D eigenvalue weighted by Gasteiger charge is -2.08. The molecule has 0 saturated carbocycles. The van der Waals surface area contributed by atoms with Gasteiger partial charge in [-0.2, -0.15) is 21.6 Å². The van der Waals surface area contributed by atoms with Gasteiger partial charge in [-0.15, -0.1) is 0 Å². The van der Waals surface area contributed by atoms with Gasteiger partial charge in [0.25, 0.3) is 0 Å². The number of rotatable bonds is 2. The van der Waals surface area contributed by atoms with Gasteiger partial charge in [0.05, 0.1) is 0 Å². The highest BCUT2D eigenvalue weighted by atomic mass is 32.2. The molecule has 0 aromatic carbocycles. The minimum atomic E-state index is -5.66. The lowest BCUT2D eigenvalue weighted by molar-refractivity contribution is -0.0518. The molecule has 84 valence electrons. The molecule has 1 heterocycles. The smallest absolute Gasteiger partial charge is 0.374 e. The van der Waals surface area contributed by atoms with Crippen LogP contribution >= 0.6 is 0 Å². The summed E-state index contributed by atoms with van der Waals surface area (Å²) in [6.45, 7) is 0. The van der Waals surface area contributed by atoms with Gasteiger partial charge in [0.1, 0.15) is 12.5 Å². The van der Waals surface area contributed by atoms with Crippen molar-refractivity contribution < 1.29 is 30.6 Å². The second-order valence-corrected chi connectivity index (χ2v) is 3.76. The number of hydrogen-bond donors (Lipinski definition) is 0. The molecule has 0 spiro atoms. The van der Waals surface area contributed by atoms with Crippen molar-refractivity contribution in [2.45, 2.75) is 5.51 Å². The van der Waals surface area contributed by atoms with Crippen molar-refractivity contribution in [2.75, 3.05) is 0 Å². The maximum atomic E-state index is 11.9. The Morgan fingerprint density at radius 3 is 2.67 bits per heavy atom. The zero-order chi connectivity index (χ0) is 11.5. The maximum absolute atomic E-state index is 11.9. The number of alkyl halides is 3. The van der Waals surface area contributed by atoms with E-state index in [-0.39, 0.29) is 0 Å². The zero-order valence-electron chi connectivity index (χ0n) is 6.93. The quantitative estimate of drug-likeness (QED) is 0.541. The van der Waals surface area contributed by atoms with Crippen LogP contribution in [0.2, 0.25) is 0 Å². The Balaban J connectivity index is 2.87. The first kappa shape index (κ1) is 11.6. The predicted octanol–water partition coefficient (Wildman–Crippen LogP) is 1.27. The second kappa shape index (κ2) is 3.93. The highest BCUT2D eigenvalue weighted by Gasteiger charge is 2.48. The third kappa shape index (κ3) is 2.98. The van der Waals surface area contributed by atoms with Crippen LogP contribution in [-0.2, 0) is 19.1 Å². The summed E-state index contributed by atoms with van der Waals surface area (Å²) in [5.74, 6) is -0.596. The van der Waals surface area contributed by atoms with E-state index in [0.717, 1.165) is 18.4 Å². The minimum absolute atomic E-state index is 0.596. The number of hydrogen-bond acceptors (Lipinski definition) is 5. The van der Waals surface area contributed by atoms with Crippen molar-refractivity contribution in [3.8, 4) is 0 Å². The van der Waals surface area contributed by atoms with Crippen LogP contribution < -0.4 is 0 Å². The topological polar surface area (TPSA) is 65.0 Å². The molecule has 1 rings (SSSR count). The molecular formula is C6H4F3NO4S. The van der Waals surface area contributed by atoms with E-state index in [0.29, 0.717) is 6.21 Å². The second-order valence-electron chi connectivity index (χ2n) is 2.22. The number of nitrogens with zero attached hydrogens (tertiary/aromatic N) is 1. The first-order chi connectivity index (χ1) is 6.83. The summed E-state index contributed by atoms with van der Waals surface area (Å²) in [4.78, 5) is 4.31. The Kier molecular flexibility index (Phi) is 3.03. The average Bonchev–Trinajstić information content (AvgIpc) is 2.30. The summed E-state index contributed by atoms with van der Waals surface area (Å²) in [7, 11) is -5.66. The highest BCUT2D eigenvalue weighted by molar-refractivity contribution is 7.87. The van der Waals surface area contributed by atoms with Crippen molar-refractivity contribution in [3.63, 3.8) is 0 Å². The van der Waals surface area contributed by atoms with Crippen molar-refractivity contribution >= 4 is 16.3 Å². The van der Waals surface area contributed by atoms with E-state index in [1.165, 1.54) is 0 Å². The van der Waals surface area contributed by atoms with Gasteiger partial charge in [-0.1, -0.05) is 5.16 Å². The molecule has 5 nitrogen and oxygen atoms in total. The lowest BCUT2D eigenvalue weighted by atomic mass is 10.5. The van der Waals surface area contributed by atoms with Gasteiger partial charge in [0.15, 0.2) is 5.76 Å². The fourth-order valence-corrected chi connectivity index (χ4v) is 0.999. The van der Waals surface area contributed by atoms with Crippen molar-refractivity contribution in [1.82, 2.24) is 0 Å². The Labute approximate surface area is 82.6 Å². The Hall–Kier alpha value is -1.51. The maximum Gasteiger partial charge on any atom is 0.534 e. The molecule has 0 N–H and O–H groups in total. The van der Waals surface area contributed by atoms with Crippen LogP contribution in [0, 0.1) is 0 Å². The van der Waals surface area contributed by atoms with Crippen LogP contribution in [0.5, 0.6) is 0 Å². The van der Waals surface area contributed by atoms with Crippen LogP contribution in [0.15, 0.2) is 29.3 Å². The standard InChI is InChI=1S/C6H4F3NO4S/c7-6(8,9)15(11,12)14-5-2-1-3-13-10-4-5/h1-4H. The van der Waals surface area contributed by atoms with Crippen molar-refractivity contribution in [3.05, 3.63) is 24.2 Å².